The second-order valence-electron chi connectivity index (χ2n) is 6.87. The number of halogens is 2. The molecular weight excluding hydrogens is 340 g/mol. The highest BCUT2D eigenvalue weighted by molar-refractivity contribution is 5.29. The van der Waals surface area contributed by atoms with Crippen LogP contribution in [0.15, 0.2) is 48.5 Å². The Morgan fingerprint density at radius 1 is 0.846 bits per heavy atom. The van der Waals surface area contributed by atoms with Crippen LogP contribution in [0.4, 0.5) is 8.78 Å². The lowest BCUT2D eigenvalue weighted by atomic mass is 10.0. The van der Waals surface area contributed by atoms with Gasteiger partial charge in [0.05, 0.1) is 25.4 Å². The molecule has 0 spiro atoms. The molecule has 4 nitrogen and oxygen atoms in total. The molecule has 26 heavy (non-hydrogen) atoms. The van der Waals surface area contributed by atoms with Crippen LogP contribution >= 0.6 is 0 Å². The molecule has 2 fully saturated rings. The van der Waals surface area contributed by atoms with Crippen LogP contribution in [0.5, 0.6) is 0 Å². The summed E-state index contributed by atoms with van der Waals surface area (Å²) in [6, 6.07) is 14.3. The topological polar surface area (TPSA) is 41.9 Å². The van der Waals surface area contributed by atoms with Crippen molar-refractivity contribution in [1.82, 2.24) is 4.90 Å². The van der Waals surface area contributed by atoms with Gasteiger partial charge in [-0.25, -0.2) is 13.7 Å². The van der Waals surface area contributed by atoms with E-state index >= 15 is 0 Å². The molecule has 0 amide bonds. The SMILES string of the molecule is OC[C@]12COC(c3ccc(CF)cc3)N1[C@H](c1ccc(CF)cc1)OC2. The van der Waals surface area contributed by atoms with Gasteiger partial charge in [-0.1, -0.05) is 48.5 Å². The fourth-order valence-electron chi connectivity index (χ4n) is 3.67. The van der Waals surface area contributed by atoms with E-state index in [1.807, 2.05) is 29.2 Å². The van der Waals surface area contributed by atoms with Crippen molar-refractivity contribution in [2.24, 2.45) is 0 Å². The highest BCUT2D eigenvalue weighted by atomic mass is 19.1. The molecule has 2 aliphatic heterocycles. The molecule has 1 N–H and O–H groups in total. The van der Waals surface area contributed by atoms with Crippen LogP contribution in [0.2, 0.25) is 0 Å². The van der Waals surface area contributed by atoms with Gasteiger partial charge in [-0.3, -0.25) is 0 Å². The Balaban J connectivity index is 1.67. The van der Waals surface area contributed by atoms with Gasteiger partial charge < -0.3 is 14.6 Å². The highest BCUT2D eigenvalue weighted by Gasteiger charge is 2.56. The maximum Gasteiger partial charge on any atom is 0.139 e. The summed E-state index contributed by atoms with van der Waals surface area (Å²) in [5.74, 6) is 0. The smallest absolute Gasteiger partial charge is 0.139 e. The largest absolute Gasteiger partial charge is 0.394 e. The second-order valence-corrected chi connectivity index (χ2v) is 6.87. The van der Waals surface area contributed by atoms with Crippen LogP contribution in [-0.4, -0.2) is 35.4 Å². The van der Waals surface area contributed by atoms with Gasteiger partial charge in [-0.05, 0) is 22.3 Å². The summed E-state index contributed by atoms with van der Waals surface area (Å²) in [5, 5.41) is 10.0. The zero-order valence-corrected chi connectivity index (χ0v) is 14.3. The molecule has 2 aromatic carbocycles. The molecule has 6 heteroatoms. The van der Waals surface area contributed by atoms with Crippen molar-refractivity contribution in [3.8, 4) is 0 Å². The van der Waals surface area contributed by atoms with E-state index in [2.05, 4.69) is 0 Å². The van der Waals surface area contributed by atoms with Crippen molar-refractivity contribution in [3.63, 3.8) is 0 Å². The van der Waals surface area contributed by atoms with Crippen molar-refractivity contribution in [1.29, 1.82) is 0 Å². The molecule has 2 heterocycles. The lowest BCUT2D eigenvalue weighted by Crippen LogP contribution is -2.47. The van der Waals surface area contributed by atoms with Crippen LogP contribution in [-0.2, 0) is 22.8 Å². The third-order valence-electron chi connectivity index (χ3n) is 5.21. The van der Waals surface area contributed by atoms with E-state index in [1.54, 1.807) is 24.3 Å². The van der Waals surface area contributed by atoms with E-state index in [0.29, 0.717) is 24.3 Å². The van der Waals surface area contributed by atoms with E-state index in [0.717, 1.165) is 11.1 Å². The zero-order chi connectivity index (χ0) is 18.1. The average molecular weight is 361 g/mol. The van der Waals surface area contributed by atoms with E-state index in [4.69, 9.17) is 9.47 Å². The van der Waals surface area contributed by atoms with Crippen LogP contribution in [0.3, 0.4) is 0 Å². The van der Waals surface area contributed by atoms with E-state index in [1.165, 1.54) is 0 Å². The molecule has 4 rings (SSSR count). The minimum absolute atomic E-state index is 0.0921. The van der Waals surface area contributed by atoms with Crippen LogP contribution < -0.4 is 0 Å². The van der Waals surface area contributed by atoms with Crippen molar-refractivity contribution in [2.75, 3.05) is 19.8 Å². The first-order chi connectivity index (χ1) is 12.7. The Morgan fingerprint density at radius 2 is 1.27 bits per heavy atom. The first-order valence-corrected chi connectivity index (χ1v) is 8.63. The van der Waals surface area contributed by atoms with E-state index in [-0.39, 0.29) is 6.61 Å². The number of benzene rings is 2. The molecule has 1 unspecified atom stereocenters. The lowest BCUT2D eigenvalue weighted by molar-refractivity contribution is -0.0630. The van der Waals surface area contributed by atoms with Gasteiger partial charge in [0.2, 0.25) is 0 Å². The molecule has 0 bridgehead atoms. The average Bonchev–Trinajstić information content (AvgIpc) is 3.26. The number of aliphatic hydroxyl groups excluding tert-OH is 1. The third-order valence-corrected chi connectivity index (χ3v) is 5.21. The van der Waals surface area contributed by atoms with Gasteiger partial charge in [0, 0.05) is 0 Å². The number of nitrogens with zero attached hydrogens (tertiary/aromatic N) is 1. The molecule has 138 valence electrons. The van der Waals surface area contributed by atoms with Crippen LogP contribution in [0.1, 0.15) is 34.7 Å². The zero-order valence-electron chi connectivity index (χ0n) is 14.3. The Bertz CT molecular complexity index is 691. The maximum absolute atomic E-state index is 12.8. The lowest BCUT2D eigenvalue weighted by Gasteiger charge is -2.33. The standard InChI is InChI=1S/C20H21F2NO3/c21-9-14-1-5-16(6-2-14)18-23-19(17-7-3-15(10-22)4-8-17)26-13-20(23,11-24)12-25-18/h1-8,18-19,24H,9-13H2/t18-,19?,20-/m0/s1. The fourth-order valence-corrected chi connectivity index (χ4v) is 3.67. The minimum Gasteiger partial charge on any atom is -0.394 e. The summed E-state index contributed by atoms with van der Waals surface area (Å²) in [6.07, 6.45) is -0.798. The highest BCUT2D eigenvalue weighted by Crippen LogP contribution is 2.48. The monoisotopic (exact) mass is 361 g/mol. The van der Waals surface area contributed by atoms with Gasteiger partial charge in [0.15, 0.2) is 0 Å². The third kappa shape index (κ3) is 2.83. The number of alkyl halides is 2. The van der Waals surface area contributed by atoms with Gasteiger partial charge in [0.25, 0.3) is 0 Å². The summed E-state index contributed by atoms with van der Waals surface area (Å²) >= 11 is 0. The molecule has 0 aliphatic carbocycles. The molecule has 2 aromatic rings. The number of hydrogen-bond acceptors (Lipinski definition) is 4. The first kappa shape index (κ1) is 17.5. The number of hydrogen-bond donors (Lipinski definition) is 1. The predicted molar refractivity (Wildman–Crippen MR) is 91.5 cm³/mol. The fraction of sp³-hybridized carbons (Fsp3) is 0.400. The summed E-state index contributed by atoms with van der Waals surface area (Å²) in [6.45, 7) is -0.424. The number of ether oxygens (including phenoxy) is 2. The summed E-state index contributed by atoms with van der Waals surface area (Å²) in [5.41, 5.74) is 2.36. The maximum atomic E-state index is 12.8. The van der Waals surface area contributed by atoms with E-state index < -0.39 is 31.3 Å². The quantitative estimate of drug-likeness (QED) is 0.886. The second kappa shape index (κ2) is 7.04. The van der Waals surface area contributed by atoms with Crippen LogP contribution in [0, 0.1) is 0 Å². The predicted octanol–water partition coefficient (Wildman–Crippen LogP) is 3.42. The van der Waals surface area contributed by atoms with Gasteiger partial charge in [-0.2, -0.15) is 0 Å². The Kier molecular flexibility index (Phi) is 4.75. The minimum atomic E-state index is -0.618. The number of aliphatic hydroxyl groups is 1. The van der Waals surface area contributed by atoms with Crippen LogP contribution in [0.25, 0.3) is 0 Å². The van der Waals surface area contributed by atoms with Crippen molar-refractivity contribution >= 4 is 0 Å². The molecule has 3 atom stereocenters. The molecule has 2 saturated heterocycles. The molecule has 0 aromatic heterocycles. The molecular formula is C20H21F2NO3. The van der Waals surface area contributed by atoms with E-state index in [9.17, 15) is 13.9 Å². The summed E-state index contributed by atoms with van der Waals surface area (Å²) < 4.78 is 37.6. The van der Waals surface area contributed by atoms with Crippen molar-refractivity contribution in [3.05, 3.63) is 70.8 Å². The molecule has 0 saturated carbocycles. The summed E-state index contributed by atoms with van der Waals surface area (Å²) in [4.78, 5) is 2.03. The Hall–Kier alpha value is -1.86. The normalized spacial score (nSPS) is 28.4. The molecule has 0 radical (unpaired) electrons. The Morgan fingerprint density at radius 3 is 1.62 bits per heavy atom. The van der Waals surface area contributed by atoms with Gasteiger partial charge in [-0.15, -0.1) is 0 Å². The summed E-state index contributed by atoms with van der Waals surface area (Å²) in [7, 11) is 0. The number of rotatable bonds is 5. The van der Waals surface area contributed by atoms with Gasteiger partial charge in [0.1, 0.15) is 25.8 Å². The van der Waals surface area contributed by atoms with Crippen molar-refractivity contribution in [2.45, 2.75) is 31.3 Å². The number of fused-ring (bicyclic) bond motifs is 1. The Labute approximate surface area is 151 Å². The first-order valence-electron chi connectivity index (χ1n) is 8.63. The molecule has 2 aliphatic rings. The van der Waals surface area contributed by atoms with Crippen molar-refractivity contribution < 1.29 is 23.4 Å². The van der Waals surface area contributed by atoms with Gasteiger partial charge >= 0.3 is 0 Å².